The van der Waals surface area contributed by atoms with Gasteiger partial charge in [-0.15, -0.1) is 10.2 Å². The average molecular weight is 476 g/mol. The number of methoxy groups -OCH3 is 1. The lowest BCUT2D eigenvalue weighted by molar-refractivity contribution is -0.119. The van der Waals surface area contributed by atoms with Crippen LogP contribution in [0.2, 0.25) is 0 Å². The van der Waals surface area contributed by atoms with E-state index in [0.717, 1.165) is 17.7 Å². The number of carbonyl (C=O) groups excluding carboxylic acids is 2. The lowest BCUT2D eigenvalue weighted by Gasteiger charge is -2.23. The second-order valence-corrected chi connectivity index (χ2v) is 8.20. The van der Waals surface area contributed by atoms with Crippen LogP contribution in [0.15, 0.2) is 42.5 Å². The number of nitrogens with one attached hydrogen (secondary N) is 3. The lowest BCUT2D eigenvalue weighted by atomic mass is 9.98. The fraction of sp³-hybridized carbons (Fsp3) is 0.273. The van der Waals surface area contributed by atoms with E-state index >= 15 is 0 Å². The summed E-state index contributed by atoms with van der Waals surface area (Å²) < 4.78 is 31.7. The number of benzene rings is 2. The third-order valence-corrected chi connectivity index (χ3v) is 5.82. The monoisotopic (exact) mass is 475 g/mol. The molecule has 0 aliphatic heterocycles. The molecule has 3 amide bonds. The van der Waals surface area contributed by atoms with Crippen LogP contribution in [0.25, 0.3) is 10.6 Å². The van der Waals surface area contributed by atoms with E-state index in [1.807, 2.05) is 26.0 Å². The zero-order valence-electron chi connectivity index (χ0n) is 18.2. The fourth-order valence-electron chi connectivity index (χ4n) is 2.91. The van der Waals surface area contributed by atoms with Crippen LogP contribution in [0.5, 0.6) is 5.75 Å². The number of amides is 3. The van der Waals surface area contributed by atoms with Crippen LogP contribution in [0, 0.1) is 17.6 Å². The van der Waals surface area contributed by atoms with Crippen LogP contribution in [-0.4, -0.2) is 35.3 Å². The van der Waals surface area contributed by atoms with Crippen molar-refractivity contribution < 1.29 is 23.1 Å². The normalized spacial score (nSPS) is 12.5. The van der Waals surface area contributed by atoms with Crippen molar-refractivity contribution in [2.45, 2.75) is 26.3 Å². The summed E-state index contributed by atoms with van der Waals surface area (Å²) in [6.45, 7) is 3.69. The van der Waals surface area contributed by atoms with Gasteiger partial charge in [0.05, 0.1) is 7.11 Å². The van der Waals surface area contributed by atoms with Gasteiger partial charge in [0, 0.05) is 17.3 Å². The summed E-state index contributed by atoms with van der Waals surface area (Å²) in [6, 6.07) is 8.63. The first kappa shape index (κ1) is 24.1. The highest BCUT2D eigenvalue weighted by Gasteiger charge is 2.27. The van der Waals surface area contributed by atoms with Crippen molar-refractivity contribution in [2.24, 2.45) is 5.92 Å². The van der Waals surface area contributed by atoms with Crippen LogP contribution in [0.4, 0.5) is 24.4 Å². The van der Waals surface area contributed by atoms with Gasteiger partial charge in [0.15, 0.2) is 11.6 Å². The van der Waals surface area contributed by atoms with E-state index < -0.39 is 29.6 Å². The Hall–Kier alpha value is -3.60. The number of carbonyl (C=O) groups is 2. The Labute approximate surface area is 193 Å². The van der Waals surface area contributed by atoms with Crippen molar-refractivity contribution >= 4 is 34.1 Å². The minimum atomic E-state index is -1.09. The van der Waals surface area contributed by atoms with Crippen LogP contribution >= 0.6 is 11.3 Å². The largest absolute Gasteiger partial charge is 0.497 e. The van der Waals surface area contributed by atoms with E-state index in [4.69, 9.17) is 4.74 Å². The Morgan fingerprint density at radius 3 is 2.58 bits per heavy atom. The Balaban J connectivity index is 1.68. The summed E-state index contributed by atoms with van der Waals surface area (Å²) >= 11 is 1.18. The van der Waals surface area contributed by atoms with Crippen LogP contribution in [0.3, 0.4) is 0 Å². The molecule has 2 unspecified atom stereocenters. The van der Waals surface area contributed by atoms with Gasteiger partial charge in [-0.1, -0.05) is 43.7 Å². The number of aromatic nitrogens is 2. The highest BCUT2D eigenvalue weighted by atomic mass is 32.1. The van der Waals surface area contributed by atoms with Gasteiger partial charge in [0.25, 0.3) is 0 Å². The molecule has 0 saturated carbocycles. The molecule has 174 valence electrons. The van der Waals surface area contributed by atoms with Crippen molar-refractivity contribution in [2.75, 3.05) is 17.7 Å². The van der Waals surface area contributed by atoms with Crippen LogP contribution in [0.1, 0.15) is 20.3 Å². The number of urea groups is 1. The Bertz CT molecular complexity index is 1140. The molecule has 0 aliphatic carbocycles. The maximum absolute atomic E-state index is 13.4. The number of halogens is 2. The van der Waals surface area contributed by atoms with Crippen LogP contribution in [-0.2, 0) is 4.79 Å². The first-order valence-electron chi connectivity index (χ1n) is 10.1. The molecular weight excluding hydrogens is 452 g/mol. The SMILES string of the molecule is CCC(C)C(NC(=O)Nc1ccc(F)c(F)c1)C(=O)Nc1nnc(-c2cccc(OC)c2)s1. The molecule has 33 heavy (non-hydrogen) atoms. The molecule has 1 aromatic heterocycles. The molecule has 0 fully saturated rings. The molecule has 2 atom stereocenters. The van der Waals surface area contributed by atoms with Crippen molar-refractivity contribution in [1.82, 2.24) is 15.5 Å². The summed E-state index contributed by atoms with van der Waals surface area (Å²) in [6.07, 6.45) is 0.606. The second-order valence-electron chi connectivity index (χ2n) is 7.22. The number of rotatable bonds is 8. The molecule has 0 saturated heterocycles. The first-order valence-corrected chi connectivity index (χ1v) is 10.9. The zero-order valence-corrected chi connectivity index (χ0v) is 19.0. The van der Waals surface area contributed by atoms with Crippen molar-refractivity contribution in [1.29, 1.82) is 0 Å². The Kier molecular flexibility index (Phi) is 7.88. The zero-order chi connectivity index (χ0) is 24.0. The smallest absolute Gasteiger partial charge is 0.319 e. The van der Waals surface area contributed by atoms with Crippen molar-refractivity contribution in [3.8, 4) is 16.3 Å². The first-order chi connectivity index (χ1) is 15.8. The van der Waals surface area contributed by atoms with Gasteiger partial charge in [-0.2, -0.15) is 0 Å². The van der Waals surface area contributed by atoms with E-state index in [2.05, 4.69) is 26.1 Å². The Morgan fingerprint density at radius 1 is 1.09 bits per heavy atom. The highest BCUT2D eigenvalue weighted by molar-refractivity contribution is 7.18. The van der Waals surface area contributed by atoms with Gasteiger partial charge < -0.3 is 15.4 Å². The minimum Gasteiger partial charge on any atom is -0.497 e. The van der Waals surface area contributed by atoms with Gasteiger partial charge in [0.1, 0.15) is 16.8 Å². The molecule has 0 spiro atoms. The molecule has 8 nitrogen and oxygen atoms in total. The highest BCUT2D eigenvalue weighted by Crippen LogP contribution is 2.29. The lowest BCUT2D eigenvalue weighted by Crippen LogP contribution is -2.49. The summed E-state index contributed by atoms with van der Waals surface area (Å²) in [5, 5.41) is 16.6. The molecule has 0 radical (unpaired) electrons. The molecule has 2 aromatic carbocycles. The minimum absolute atomic E-state index is 0.0572. The van der Waals surface area contributed by atoms with E-state index in [9.17, 15) is 18.4 Å². The molecule has 11 heteroatoms. The topological polar surface area (TPSA) is 105 Å². The van der Waals surface area contributed by atoms with Gasteiger partial charge in [-0.05, 0) is 30.2 Å². The van der Waals surface area contributed by atoms with Crippen LogP contribution < -0.4 is 20.7 Å². The fourth-order valence-corrected chi connectivity index (χ4v) is 3.66. The predicted molar refractivity (Wildman–Crippen MR) is 122 cm³/mol. The van der Waals surface area contributed by atoms with Gasteiger partial charge >= 0.3 is 6.03 Å². The average Bonchev–Trinajstić information content (AvgIpc) is 3.27. The second kappa shape index (κ2) is 10.8. The number of ether oxygens (including phenoxy) is 1. The molecule has 3 rings (SSSR count). The summed E-state index contributed by atoms with van der Waals surface area (Å²) in [5.74, 6) is -2.14. The number of hydrogen-bond acceptors (Lipinski definition) is 6. The maximum Gasteiger partial charge on any atom is 0.319 e. The van der Waals surface area contributed by atoms with Gasteiger partial charge in [-0.25, -0.2) is 13.6 Å². The molecule has 0 aliphatic rings. The van der Waals surface area contributed by atoms with E-state index in [1.54, 1.807) is 19.2 Å². The maximum atomic E-state index is 13.4. The quantitative estimate of drug-likeness (QED) is 0.439. The molecule has 3 N–H and O–H groups in total. The van der Waals surface area contributed by atoms with Gasteiger partial charge in [-0.3, -0.25) is 10.1 Å². The molecule has 0 bridgehead atoms. The molecule has 3 aromatic rings. The van der Waals surface area contributed by atoms with E-state index in [-0.39, 0.29) is 16.7 Å². The number of anilines is 2. The number of nitrogens with zero attached hydrogens (tertiary/aromatic N) is 2. The summed E-state index contributed by atoms with van der Waals surface area (Å²) in [5.41, 5.74) is 0.844. The molecular formula is C22H23F2N5O3S. The van der Waals surface area contributed by atoms with Crippen molar-refractivity contribution in [3.05, 3.63) is 54.1 Å². The van der Waals surface area contributed by atoms with Crippen molar-refractivity contribution in [3.63, 3.8) is 0 Å². The van der Waals surface area contributed by atoms with E-state index in [1.165, 1.54) is 17.4 Å². The third kappa shape index (κ3) is 6.22. The van der Waals surface area contributed by atoms with Gasteiger partial charge in [0.2, 0.25) is 11.0 Å². The van der Waals surface area contributed by atoms with E-state index in [0.29, 0.717) is 17.2 Å². The predicted octanol–water partition coefficient (Wildman–Crippen LogP) is 4.67. The molecule has 1 heterocycles. The summed E-state index contributed by atoms with van der Waals surface area (Å²) in [4.78, 5) is 25.3. The standard InChI is InChI=1S/C22H23F2N5O3S/c1-4-12(2)18(26-21(31)25-14-8-9-16(23)17(24)11-14)19(30)27-22-29-28-20(33-22)13-6-5-7-15(10-13)32-3/h5-12,18H,4H2,1-3H3,(H2,25,26,31)(H,27,29,30). The number of hydrogen-bond donors (Lipinski definition) is 3. The third-order valence-electron chi connectivity index (χ3n) is 4.93. The Morgan fingerprint density at radius 2 is 1.88 bits per heavy atom. The summed E-state index contributed by atoms with van der Waals surface area (Å²) in [7, 11) is 1.57.